The van der Waals surface area contributed by atoms with Crippen molar-refractivity contribution in [2.24, 2.45) is 0 Å². The highest BCUT2D eigenvalue weighted by molar-refractivity contribution is 5.59. The molecule has 0 aliphatic rings. The van der Waals surface area contributed by atoms with Gasteiger partial charge in [-0.05, 0) is 37.6 Å². The summed E-state index contributed by atoms with van der Waals surface area (Å²) in [4.78, 5) is 4.44. The lowest BCUT2D eigenvalue weighted by molar-refractivity contribution is 1.05. The molecule has 0 aliphatic carbocycles. The lowest BCUT2D eigenvalue weighted by atomic mass is 10.1. The SMILES string of the molecule is Cc1cccc(-c2nc[c]n2-c2cccc(C)c2)c1. The van der Waals surface area contributed by atoms with Gasteiger partial charge in [0.05, 0.1) is 12.4 Å². The van der Waals surface area contributed by atoms with Crippen molar-refractivity contribution >= 4 is 0 Å². The van der Waals surface area contributed by atoms with Crippen LogP contribution in [0.15, 0.2) is 54.7 Å². The Hall–Kier alpha value is -2.35. The maximum Gasteiger partial charge on any atom is 0.145 e. The highest BCUT2D eigenvalue weighted by Gasteiger charge is 2.08. The van der Waals surface area contributed by atoms with Crippen LogP contribution in [0.2, 0.25) is 0 Å². The summed E-state index contributed by atoms with van der Waals surface area (Å²) >= 11 is 0. The van der Waals surface area contributed by atoms with Gasteiger partial charge in [0.1, 0.15) is 5.82 Å². The fourth-order valence-corrected chi connectivity index (χ4v) is 2.22. The minimum absolute atomic E-state index is 0.925. The Labute approximate surface area is 113 Å². The molecular weight excluding hydrogens is 232 g/mol. The van der Waals surface area contributed by atoms with Crippen molar-refractivity contribution in [1.82, 2.24) is 9.55 Å². The van der Waals surface area contributed by atoms with Crippen LogP contribution in [-0.4, -0.2) is 9.55 Å². The van der Waals surface area contributed by atoms with Crippen LogP contribution < -0.4 is 0 Å². The normalized spacial score (nSPS) is 10.6. The van der Waals surface area contributed by atoms with Crippen molar-refractivity contribution in [3.8, 4) is 17.1 Å². The summed E-state index contributed by atoms with van der Waals surface area (Å²) in [6.45, 7) is 4.18. The van der Waals surface area contributed by atoms with Crippen LogP contribution in [0.25, 0.3) is 17.1 Å². The van der Waals surface area contributed by atoms with Gasteiger partial charge in [-0.2, -0.15) is 0 Å². The molecule has 0 spiro atoms. The van der Waals surface area contributed by atoms with Gasteiger partial charge < -0.3 is 0 Å². The van der Waals surface area contributed by atoms with E-state index in [1.807, 2.05) is 4.57 Å². The van der Waals surface area contributed by atoms with Gasteiger partial charge in [0.2, 0.25) is 0 Å². The number of benzene rings is 2. The fourth-order valence-electron chi connectivity index (χ4n) is 2.22. The van der Waals surface area contributed by atoms with Crippen LogP contribution in [0, 0.1) is 20.0 Å². The van der Waals surface area contributed by atoms with E-state index in [4.69, 9.17) is 0 Å². The van der Waals surface area contributed by atoms with Gasteiger partial charge in [0, 0.05) is 11.3 Å². The molecule has 93 valence electrons. The first-order valence-corrected chi connectivity index (χ1v) is 6.33. The molecular formula is C17H15N2. The Morgan fingerprint density at radius 3 is 2.42 bits per heavy atom. The summed E-state index contributed by atoms with van der Waals surface area (Å²) in [5.74, 6) is 0.925. The average Bonchev–Trinajstić information content (AvgIpc) is 2.88. The molecule has 2 heteroatoms. The molecule has 0 saturated carbocycles. The van der Waals surface area contributed by atoms with Gasteiger partial charge >= 0.3 is 0 Å². The molecule has 2 aromatic carbocycles. The van der Waals surface area contributed by atoms with Crippen LogP contribution in [-0.2, 0) is 0 Å². The molecule has 0 unspecified atom stereocenters. The van der Waals surface area contributed by atoms with Crippen molar-refractivity contribution in [3.63, 3.8) is 0 Å². The zero-order valence-electron chi connectivity index (χ0n) is 11.1. The molecule has 0 atom stereocenters. The highest BCUT2D eigenvalue weighted by atomic mass is 15.1. The largest absolute Gasteiger partial charge is 0.291 e. The monoisotopic (exact) mass is 247 g/mol. The summed E-state index contributed by atoms with van der Waals surface area (Å²) in [5, 5.41) is 0. The molecule has 0 saturated heterocycles. The second-order valence-corrected chi connectivity index (χ2v) is 4.75. The van der Waals surface area contributed by atoms with E-state index >= 15 is 0 Å². The van der Waals surface area contributed by atoms with Crippen molar-refractivity contribution in [3.05, 3.63) is 72.1 Å². The predicted molar refractivity (Wildman–Crippen MR) is 77.3 cm³/mol. The first-order chi connectivity index (χ1) is 9.24. The van der Waals surface area contributed by atoms with E-state index in [9.17, 15) is 0 Å². The summed E-state index contributed by atoms with van der Waals surface area (Å²) in [7, 11) is 0. The van der Waals surface area contributed by atoms with Crippen molar-refractivity contribution in [1.29, 1.82) is 0 Å². The number of nitrogens with zero attached hydrogens (tertiary/aromatic N) is 2. The minimum atomic E-state index is 0.925. The molecule has 0 fully saturated rings. The number of rotatable bonds is 2. The third-order valence-electron chi connectivity index (χ3n) is 3.12. The molecule has 0 bridgehead atoms. The Bertz CT molecular complexity index is 651. The Morgan fingerprint density at radius 1 is 0.947 bits per heavy atom. The van der Waals surface area contributed by atoms with Gasteiger partial charge in [0.25, 0.3) is 0 Å². The van der Waals surface area contributed by atoms with E-state index in [-0.39, 0.29) is 0 Å². The fraction of sp³-hybridized carbons (Fsp3) is 0.118. The van der Waals surface area contributed by atoms with Crippen molar-refractivity contribution in [2.75, 3.05) is 0 Å². The number of aromatic nitrogens is 2. The van der Waals surface area contributed by atoms with Crippen molar-refractivity contribution in [2.45, 2.75) is 13.8 Å². The zero-order valence-corrected chi connectivity index (χ0v) is 11.1. The average molecular weight is 247 g/mol. The van der Waals surface area contributed by atoms with Gasteiger partial charge in [-0.15, -0.1) is 0 Å². The Kier molecular flexibility index (Phi) is 2.92. The summed E-state index contributed by atoms with van der Waals surface area (Å²) < 4.78 is 2.00. The van der Waals surface area contributed by atoms with E-state index < -0.39 is 0 Å². The highest BCUT2D eigenvalue weighted by Crippen LogP contribution is 2.22. The molecule has 3 aromatic rings. The maximum absolute atomic E-state index is 4.44. The first kappa shape index (κ1) is 11.7. The van der Waals surface area contributed by atoms with Gasteiger partial charge in [-0.3, -0.25) is 4.57 Å². The van der Waals surface area contributed by atoms with Crippen molar-refractivity contribution < 1.29 is 0 Å². The molecule has 0 aliphatic heterocycles. The second-order valence-electron chi connectivity index (χ2n) is 4.75. The number of hydrogen-bond acceptors (Lipinski definition) is 1. The third kappa shape index (κ3) is 2.29. The van der Waals surface area contributed by atoms with E-state index in [0.29, 0.717) is 0 Å². The smallest absolute Gasteiger partial charge is 0.145 e. The topological polar surface area (TPSA) is 17.8 Å². The number of imidazole rings is 1. The summed E-state index contributed by atoms with van der Waals surface area (Å²) in [6.07, 6.45) is 4.89. The Balaban J connectivity index is 2.13. The maximum atomic E-state index is 4.44. The van der Waals surface area contributed by atoms with Crippen LogP contribution in [0.1, 0.15) is 11.1 Å². The zero-order chi connectivity index (χ0) is 13.2. The molecule has 2 nitrogen and oxygen atoms in total. The first-order valence-electron chi connectivity index (χ1n) is 6.33. The molecule has 0 amide bonds. The van der Waals surface area contributed by atoms with E-state index in [2.05, 4.69) is 73.6 Å². The van der Waals surface area contributed by atoms with Crippen LogP contribution >= 0.6 is 0 Å². The number of aryl methyl sites for hydroxylation is 2. The summed E-state index contributed by atoms with van der Waals surface area (Å²) in [6, 6.07) is 16.7. The minimum Gasteiger partial charge on any atom is -0.291 e. The quantitative estimate of drug-likeness (QED) is 0.670. The summed E-state index contributed by atoms with van der Waals surface area (Å²) in [5.41, 5.74) is 4.67. The van der Waals surface area contributed by atoms with E-state index in [1.165, 1.54) is 11.1 Å². The Morgan fingerprint density at radius 2 is 1.68 bits per heavy atom. The number of hydrogen-bond donors (Lipinski definition) is 0. The molecule has 0 N–H and O–H groups in total. The lowest BCUT2D eigenvalue weighted by Crippen LogP contribution is -1.97. The predicted octanol–water partition coefficient (Wildman–Crippen LogP) is 3.96. The van der Waals surface area contributed by atoms with E-state index in [0.717, 1.165) is 17.1 Å². The van der Waals surface area contributed by atoms with Gasteiger partial charge in [-0.1, -0.05) is 35.9 Å². The molecule has 19 heavy (non-hydrogen) atoms. The van der Waals surface area contributed by atoms with Crippen LogP contribution in [0.5, 0.6) is 0 Å². The lowest BCUT2D eigenvalue weighted by Gasteiger charge is -2.08. The molecule has 3 rings (SSSR count). The third-order valence-corrected chi connectivity index (χ3v) is 3.12. The standard InChI is InChI=1S/C17H15N2/c1-13-5-3-7-15(11-13)17-18-9-10-19(17)16-8-4-6-14(2)12-16/h3-9,11-12H,1-2H3. The molecule has 1 aromatic heterocycles. The van der Waals surface area contributed by atoms with E-state index in [1.54, 1.807) is 6.20 Å². The van der Waals surface area contributed by atoms with Crippen LogP contribution in [0.4, 0.5) is 0 Å². The molecule has 1 radical (unpaired) electrons. The second kappa shape index (κ2) is 4.73. The van der Waals surface area contributed by atoms with Gasteiger partial charge in [0.15, 0.2) is 0 Å². The molecule has 1 heterocycles. The van der Waals surface area contributed by atoms with Gasteiger partial charge in [-0.25, -0.2) is 4.98 Å². The van der Waals surface area contributed by atoms with Crippen LogP contribution in [0.3, 0.4) is 0 Å².